The molecular formula is C9H13N7O3. The van der Waals surface area contributed by atoms with Crippen molar-refractivity contribution >= 4 is 23.2 Å². The number of nitrogens with one attached hydrogen (secondary N) is 3. The molecule has 0 spiro atoms. The molecule has 1 amide bonds. The molecular weight excluding hydrogens is 254 g/mol. The zero-order valence-electron chi connectivity index (χ0n) is 10.1. The fraction of sp³-hybridized carbons (Fsp3) is 0.333. The van der Waals surface area contributed by atoms with Gasteiger partial charge in [0.25, 0.3) is 5.88 Å². The summed E-state index contributed by atoms with van der Waals surface area (Å²) in [5.41, 5.74) is 8.33. The molecule has 102 valence electrons. The summed E-state index contributed by atoms with van der Waals surface area (Å²) in [7, 11) is 1.75. The molecule has 19 heavy (non-hydrogen) atoms. The highest BCUT2D eigenvalue weighted by molar-refractivity contribution is 5.77. The van der Waals surface area contributed by atoms with Crippen molar-refractivity contribution in [2.24, 2.45) is 0 Å². The second kappa shape index (κ2) is 5.82. The number of amides is 1. The van der Waals surface area contributed by atoms with Gasteiger partial charge in [-0.3, -0.25) is 0 Å². The minimum absolute atomic E-state index is 0.00268. The van der Waals surface area contributed by atoms with E-state index in [2.05, 4.69) is 30.7 Å². The van der Waals surface area contributed by atoms with Gasteiger partial charge in [0.2, 0.25) is 5.95 Å². The Labute approximate surface area is 107 Å². The summed E-state index contributed by atoms with van der Waals surface area (Å²) in [5, 5.41) is 2.83. The highest BCUT2D eigenvalue weighted by Crippen LogP contribution is 2.18. The lowest BCUT2D eigenvalue weighted by Gasteiger charge is -2.07. The number of imidazole rings is 1. The third kappa shape index (κ3) is 3.19. The summed E-state index contributed by atoms with van der Waals surface area (Å²) in [6, 6.07) is 0. The van der Waals surface area contributed by atoms with Gasteiger partial charge in [0, 0.05) is 6.54 Å². The minimum Gasteiger partial charge on any atom is -0.446 e. The van der Waals surface area contributed by atoms with Crippen molar-refractivity contribution in [1.82, 2.24) is 30.7 Å². The Bertz CT molecular complexity index is 570. The number of aromatic amines is 1. The largest absolute Gasteiger partial charge is 0.446 e. The first-order chi connectivity index (χ1) is 9.20. The van der Waals surface area contributed by atoms with Gasteiger partial charge in [0.15, 0.2) is 11.2 Å². The highest BCUT2D eigenvalue weighted by Gasteiger charge is 2.12. The number of ether oxygens (including phenoxy) is 1. The van der Waals surface area contributed by atoms with E-state index >= 15 is 0 Å². The van der Waals surface area contributed by atoms with E-state index in [1.54, 1.807) is 7.05 Å². The van der Waals surface area contributed by atoms with Crippen molar-refractivity contribution in [2.45, 2.75) is 0 Å². The maximum absolute atomic E-state index is 11.3. The van der Waals surface area contributed by atoms with E-state index in [9.17, 15) is 4.79 Å². The van der Waals surface area contributed by atoms with Crippen molar-refractivity contribution in [1.29, 1.82) is 0 Å². The second-order valence-corrected chi connectivity index (χ2v) is 3.43. The number of H-pyrrole nitrogens is 1. The number of aromatic nitrogens is 4. The molecule has 2 heterocycles. The molecule has 0 bridgehead atoms. The highest BCUT2D eigenvalue weighted by atomic mass is 16.7. The molecule has 0 atom stereocenters. The van der Waals surface area contributed by atoms with Gasteiger partial charge in [-0.1, -0.05) is 0 Å². The van der Waals surface area contributed by atoms with Gasteiger partial charge >= 0.3 is 6.09 Å². The Balaban J connectivity index is 1.97. The molecule has 0 aromatic carbocycles. The molecule has 10 nitrogen and oxygen atoms in total. The van der Waals surface area contributed by atoms with Gasteiger partial charge in [-0.15, -0.1) is 0 Å². The van der Waals surface area contributed by atoms with Crippen LogP contribution in [-0.4, -0.2) is 46.2 Å². The van der Waals surface area contributed by atoms with Crippen LogP contribution in [0.3, 0.4) is 0 Å². The molecule has 0 saturated carbocycles. The summed E-state index contributed by atoms with van der Waals surface area (Å²) < 4.78 is 4.79. The lowest BCUT2D eigenvalue weighted by molar-refractivity contribution is 0.0995. The van der Waals surface area contributed by atoms with Gasteiger partial charge < -0.3 is 25.6 Å². The van der Waals surface area contributed by atoms with Crippen LogP contribution in [0.1, 0.15) is 0 Å². The molecule has 0 saturated heterocycles. The van der Waals surface area contributed by atoms with Crippen LogP contribution >= 0.6 is 0 Å². The second-order valence-electron chi connectivity index (χ2n) is 3.43. The van der Waals surface area contributed by atoms with Crippen LogP contribution in [0.4, 0.5) is 10.7 Å². The van der Waals surface area contributed by atoms with Crippen molar-refractivity contribution in [3.05, 3.63) is 6.33 Å². The number of nitrogen functional groups attached to an aromatic ring is 1. The van der Waals surface area contributed by atoms with Crippen LogP contribution in [0.2, 0.25) is 0 Å². The number of hydroxylamine groups is 1. The number of nitrogens with zero attached hydrogens (tertiary/aromatic N) is 3. The molecule has 0 aliphatic rings. The normalized spacial score (nSPS) is 10.4. The quantitative estimate of drug-likeness (QED) is 0.406. The molecule has 0 aliphatic carbocycles. The molecule has 2 aromatic heterocycles. The number of carbonyl (C=O) groups is 1. The number of likely N-dealkylation sites (N-methyl/N-ethyl adjacent to an activating group) is 1. The molecule has 10 heteroatoms. The molecule has 2 rings (SSSR count). The predicted octanol–water partition coefficient (Wildman–Crippen LogP) is -0.825. The lowest BCUT2D eigenvalue weighted by Crippen LogP contribution is -2.30. The van der Waals surface area contributed by atoms with E-state index in [4.69, 9.17) is 15.3 Å². The monoisotopic (exact) mass is 267 g/mol. The third-order valence-electron chi connectivity index (χ3n) is 2.08. The van der Waals surface area contributed by atoms with Crippen molar-refractivity contribution in [3.8, 4) is 5.88 Å². The lowest BCUT2D eigenvalue weighted by atomic mass is 10.5. The Morgan fingerprint density at radius 2 is 2.37 bits per heavy atom. The van der Waals surface area contributed by atoms with Crippen molar-refractivity contribution in [3.63, 3.8) is 0 Å². The van der Waals surface area contributed by atoms with E-state index in [1.165, 1.54) is 6.33 Å². The average molecular weight is 267 g/mol. The number of hydrogen-bond acceptors (Lipinski definition) is 8. The minimum atomic E-state index is -0.740. The maximum atomic E-state index is 11.3. The Kier molecular flexibility index (Phi) is 3.93. The number of hydrogen-bond donors (Lipinski definition) is 4. The smallest absolute Gasteiger partial charge is 0.440 e. The summed E-state index contributed by atoms with van der Waals surface area (Å²) in [6.45, 7) is 0.757. The molecule has 2 aromatic rings. The Hall–Kier alpha value is -2.62. The van der Waals surface area contributed by atoms with Crippen LogP contribution in [0.5, 0.6) is 5.88 Å². The SMILES string of the molecule is CNCCOC(=O)NOc1nc(N)nc2[nH]cnc12. The number of anilines is 1. The van der Waals surface area contributed by atoms with Crippen molar-refractivity contribution < 1.29 is 14.4 Å². The van der Waals surface area contributed by atoms with E-state index in [-0.39, 0.29) is 18.4 Å². The summed E-state index contributed by atoms with van der Waals surface area (Å²) in [4.78, 5) is 30.7. The molecule has 0 radical (unpaired) electrons. The Morgan fingerprint density at radius 3 is 3.16 bits per heavy atom. The number of rotatable bonds is 5. The number of carbonyl (C=O) groups excluding carboxylic acids is 1. The fourth-order valence-corrected chi connectivity index (χ4v) is 1.26. The fourth-order valence-electron chi connectivity index (χ4n) is 1.26. The zero-order valence-corrected chi connectivity index (χ0v) is 10.1. The topological polar surface area (TPSA) is 140 Å². The van der Waals surface area contributed by atoms with E-state index < -0.39 is 6.09 Å². The average Bonchev–Trinajstić information content (AvgIpc) is 2.84. The summed E-state index contributed by atoms with van der Waals surface area (Å²) >= 11 is 0. The standard InChI is InChI=1S/C9H13N7O3/c1-11-2-3-18-9(17)16-19-7-5-6(13-4-12-5)14-8(10)15-7/h4,11H,2-3H2,1H3,(H,16,17)(H3,10,12,13,14,15). The summed E-state index contributed by atoms with van der Waals surface area (Å²) in [5.74, 6) is 0.0337. The molecule has 0 aliphatic heterocycles. The molecule has 0 unspecified atom stereocenters. The molecule has 5 N–H and O–H groups in total. The summed E-state index contributed by atoms with van der Waals surface area (Å²) in [6.07, 6.45) is 0.674. The third-order valence-corrected chi connectivity index (χ3v) is 2.08. The predicted molar refractivity (Wildman–Crippen MR) is 65.1 cm³/mol. The molecule has 0 fully saturated rings. The first-order valence-electron chi connectivity index (χ1n) is 5.41. The van der Waals surface area contributed by atoms with Crippen LogP contribution in [-0.2, 0) is 4.74 Å². The zero-order chi connectivity index (χ0) is 13.7. The van der Waals surface area contributed by atoms with E-state index in [0.717, 1.165) is 0 Å². The van der Waals surface area contributed by atoms with Crippen LogP contribution in [0.15, 0.2) is 6.33 Å². The first-order valence-corrected chi connectivity index (χ1v) is 5.41. The van der Waals surface area contributed by atoms with Gasteiger partial charge in [-0.05, 0) is 7.05 Å². The number of fused-ring (bicyclic) bond motifs is 1. The first kappa shape index (κ1) is 12.8. The van der Waals surface area contributed by atoms with Gasteiger partial charge in [-0.25, -0.2) is 9.78 Å². The number of nitrogens with two attached hydrogens (primary N) is 1. The Morgan fingerprint density at radius 1 is 1.53 bits per heavy atom. The van der Waals surface area contributed by atoms with Gasteiger partial charge in [-0.2, -0.15) is 15.4 Å². The van der Waals surface area contributed by atoms with Crippen LogP contribution in [0, 0.1) is 0 Å². The van der Waals surface area contributed by atoms with Crippen molar-refractivity contribution in [2.75, 3.05) is 25.9 Å². The van der Waals surface area contributed by atoms with E-state index in [1.807, 2.05) is 0 Å². The van der Waals surface area contributed by atoms with Gasteiger partial charge in [0.1, 0.15) is 6.61 Å². The van der Waals surface area contributed by atoms with Gasteiger partial charge in [0.05, 0.1) is 6.33 Å². The van der Waals surface area contributed by atoms with E-state index in [0.29, 0.717) is 17.7 Å². The van der Waals surface area contributed by atoms with Crippen LogP contribution < -0.4 is 21.4 Å². The van der Waals surface area contributed by atoms with Crippen LogP contribution in [0.25, 0.3) is 11.2 Å². The maximum Gasteiger partial charge on any atom is 0.440 e.